The second kappa shape index (κ2) is 12.0. The van der Waals surface area contributed by atoms with Crippen LogP contribution in [0.15, 0.2) is 29.3 Å². The molecule has 0 atom stereocenters. The van der Waals surface area contributed by atoms with E-state index in [4.69, 9.17) is 9.47 Å². The molecule has 5 heteroatoms. The number of rotatable bonds is 10. The van der Waals surface area contributed by atoms with E-state index in [0.29, 0.717) is 0 Å². The number of hydrogen-bond donors (Lipinski definition) is 2. The van der Waals surface area contributed by atoms with Crippen LogP contribution in [0.25, 0.3) is 0 Å². The van der Waals surface area contributed by atoms with Crippen molar-refractivity contribution in [1.82, 2.24) is 10.6 Å². The van der Waals surface area contributed by atoms with Gasteiger partial charge in [-0.15, -0.1) is 0 Å². The van der Waals surface area contributed by atoms with Crippen molar-refractivity contribution in [2.75, 3.05) is 46.6 Å². The van der Waals surface area contributed by atoms with Gasteiger partial charge in [-0.25, -0.2) is 0 Å². The van der Waals surface area contributed by atoms with E-state index in [1.807, 2.05) is 7.05 Å². The Hall–Kier alpha value is -1.59. The number of nitrogens with zero attached hydrogens (tertiary/aromatic N) is 1. The smallest absolute Gasteiger partial charge is 0.191 e. The van der Waals surface area contributed by atoms with Gasteiger partial charge in [0.1, 0.15) is 0 Å². The van der Waals surface area contributed by atoms with Crippen molar-refractivity contribution in [1.29, 1.82) is 0 Å². The van der Waals surface area contributed by atoms with Crippen molar-refractivity contribution in [2.45, 2.75) is 51.4 Å². The third-order valence-corrected chi connectivity index (χ3v) is 5.38. The molecule has 2 rings (SSSR count). The lowest BCUT2D eigenvalue weighted by Crippen LogP contribution is -2.48. The van der Waals surface area contributed by atoms with Gasteiger partial charge in [0.05, 0.1) is 0 Å². The quantitative estimate of drug-likeness (QED) is 0.374. The molecule has 0 radical (unpaired) electrons. The summed E-state index contributed by atoms with van der Waals surface area (Å²) >= 11 is 0. The van der Waals surface area contributed by atoms with E-state index in [2.05, 4.69) is 53.7 Å². The molecule has 0 saturated carbocycles. The van der Waals surface area contributed by atoms with Gasteiger partial charge in [0.2, 0.25) is 0 Å². The maximum Gasteiger partial charge on any atom is 0.191 e. The fourth-order valence-corrected chi connectivity index (χ4v) is 3.67. The molecule has 0 aliphatic carbocycles. The topological polar surface area (TPSA) is 54.9 Å². The highest BCUT2D eigenvalue weighted by atomic mass is 16.5. The number of hydrogen-bond acceptors (Lipinski definition) is 3. The van der Waals surface area contributed by atoms with Crippen molar-refractivity contribution in [2.24, 2.45) is 4.99 Å². The molecule has 0 bridgehead atoms. The van der Waals surface area contributed by atoms with Crippen molar-refractivity contribution in [3.8, 4) is 0 Å². The Morgan fingerprint density at radius 1 is 1.15 bits per heavy atom. The Morgan fingerprint density at radius 3 is 2.59 bits per heavy atom. The van der Waals surface area contributed by atoms with E-state index in [0.717, 1.165) is 71.2 Å². The normalized spacial score (nSPS) is 16.9. The molecule has 152 valence electrons. The molecule has 1 heterocycles. The maximum atomic E-state index is 5.65. The average Bonchev–Trinajstić information content (AvgIpc) is 2.70. The summed E-state index contributed by atoms with van der Waals surface area (Å²) < 4.78 is 11.3. The lowest BCUT2D eigenvalue weighted by molar-refractivity contribution is 0.0511. The maximum absolute atomic E-state index is 5.65. The van der Waals surface area contributed by atoms with E-state index >= 15 is 0 Å². The van der Waals surface area contributed by atoms with E-state index in [-0.39, 0.29) is 5.41 Å². The van der Waals surface area contributed by atoms with Crippen LogP contribution in [0.1, 0.15) is 50.2 Å². The predicted octanol–water partition coefficient (Wildman–Crippen LogP) is 3.42. The van der Waals surface area contributed by atoms with Gasteiger partial charge in [-0.1, -0.05) is 37.6 Å². The Morgan fingerprint density at radius 2 is 1.89 bits per heavy atom. The van der Waals surface area contributed by atoms with Crippen LogP contribution in [0.4, 0.5) is 0 Å². The minimum Gasteiger partial charge on any atom is -0.381 e. The lowest BCUT2D eigenvalue weighted by Gasteiger charge is -2.39. The summed E-state index contributed by atoms with van der Waals surface area (Å²) in [5.74, 6) is 0.864. The Kier molecular flexibility index (Phi) is 9.64. The Bertz CT molecular complexity index is 568. The van der Waals surface area contributed by atoms with Crippen LogP contribution in [0.2, 0.25) is 0 Å². The number of benzene rings is 1. The zero-order valence-electron chi connectivity index (χ0n) is 17.4. The minimum atomic E-state index is 0.102. The van der Waals surface area contributed by atoms with Crippen LogP contribution in [-0.4, -0.2) is 52.5 Å². The molecule has 0 unspecified atom stereocenters. The molecule has 5 nitrogen and oxygen atoms in total. The van der Waals surface area contributed by atoms with Crippen molar-refractivity contribution in [3.63, 3.8) is 0 Å². The van der Waals surface area contributed by atoms with Crippen molar-refractivity contribution in [3.05, 3.63) is 35.4 Å². The van der Waals surface area contributed by atoms with Crippen molar-refractivity contribution < 1.29 is 9.47 Å². The molecular weight excluding hydrogens is 338 g/mol. The van der Waals surface area contributed by atoms with Gasteiger partial charge >= 0.3 is 0 Å². The fourth-order valence-electron chi connectivity index (χ4n) is 3.67. The van der Waals surface area contributed by atoms with E-state index < -0.39 is 0 Å². The molecule has 1 aromatic rings. The van der Waals surface area contributed by atoms with Crippen LogP contribution >= 0.6 is 0 Å². The molecule has 1 fully saturated rings. The predicted molar refractivity (Wildman–Crippen MR) is 113 cm³/mol. The number of aliphatic imine (C=N–C) groups is 1. The molecule has 1 aliphatic heterocycles. The number of guanidine groups is 1. The van der Waals surface area contributed by atoms with E-state index in [9.17, 15) is 0 Å². The van der Waals surface area contributed by atoms with Gasteiger partial charge < -0.3 is 20.1 Å². The molecule has 0 amide bonds. The molecular formula is C22H37N3O2. The lowest BCUT2D eigenvalue weighted by atomic mass is 9.72. The van der Waals surface area contributed by atoms with Crippen LogP contribution in [0.5, 0.6) is 0 Å². The summed E-state index contributed by atoms with van der Waals surface area (Å²) in [6.07, 6.45) is 5.38. The molecule has 2 N–H and O–H groups in total. The highest BCUT2D eigenvalue weighted by molar-refractivity contribution is 5.79. The standard InChI is InChI=1S/C22H37N3O2/c1-4-5-14-26-15-8-13-24-21(23-3)25-18-22(11-16-27-17-12-22)20-10-7-6-9-19(20)2/h6-7,9-10H,4-5,8,11-18H2,1-3H3,(H2,23,24,25). The minimum absolute atomic E-state index is 0.102. The molecule has 1 aliphatic rings. The van der Waals surface area contributed by atoms with Gasteiger partial charge in [0.25, 0.3) is 0 Å². The number of ether oxygens (including phenoxy) is 2. The van der Waals surface area contributed by atoms with Gasteiger partial charge in [-0.05, 0) is 43.7 Å². The summed E-state index contributed by atoms with van der Waals surface area (Å²) in [7, 11) is 1.83. The largest absolute Gasteiger partial charge is 0.381 e. The number of nitrogens with one attached hydrogen (secondary N) is 2. The van der Waals surface area contributed by atoms with E-state index in [1.54, 1.807) is 0 Å². The average molecular weight is 376 g/mol. The van der Waals surface area contributed by atoms with Crippen LogP contribution < -0.4 is 10.6 Å². The zero-order valence-corrected chi connectivity index (χ0v) is 17.4. The second-order valence-electron chi connectivity index (χ2n) is 7.38. The SMILES string of the molecule is CCCCOCCCNC(=NC)NCC1(c2ccccc2C)CCOCC1. The highest BCUT2D eigenvalue weighted by Gasteiger charge is 2.35. The summed E-state index contributed by atoms with van der Waals surface area (Å²) in [5.41, 5.74) is 2.89. The summed E-state index contributed by atoms with van der Waals surface area (Å²) in [4.78, 5) is 4.39. The van der Waals surface area contributed by atoms with Gasteiger partial charge in [-0.2, -0.15) is 0 Å². The monoisotopic (exact) mass is 375 g/mol. The first kappa shape index (κ1) is 21.7. The van der Waals surface area contributed by atoms with Gasteiger partial charge in [0, 0.05) is 52.0 Å². The first-order valence-corrected chi connectivity index (χ1v) is 10.4. The first-order chi connectivity index (χ1) is 13.2. The molecule has 0 spiro atoms. The molecule has 1 aromatic carbocycles. The van der Waals surface area contributed by atoms with Crippen molar-refractivity contribution >= 4 is 5.96 Å². The third-order valence-electron chi connectivity index (χ3n) is 5.38. The second-order valence-corrected chi connectivity index (χ2v) is 7.38. The zero-order chi connectivity index (χ0) is 19.4. The first-order valence-electron chi connectivity index (χ1n) is 10.4. The van der Waals surface area contributed by atoms with Crippen LogP contribution in [-0.2, 0) is 14.9 Å². The Balaban J connectivity index is 1.85. The van der Waals surface area contributed by atoms with Gasteiger partial charge in [0.15, 0.2) is 5.96 Å². The summed E-state index contributed by atoms with van der Waals surface area (Å²) in [5, 5.41) is 6.97. The molecule has 27 heavy (non-hydrogen) atoms. The molecule has 1 saturated heterocycles. The van der Waals surface area contributed by atoms with Crippen LogP contribution in [0, 0.1) is 6.92 Å². The fraction of sp³-hybridized carbons (Fsp3) is 0.682. The molecule has 0 aromatic heterocycles. The summed E-state index contributed by atoms with van der Waals surface area (Å²) in [6.45, 7) is 9.42. The third kappa shape index (κ3) is 6.82. The number of aryl methyl sites for hydroxylation is 1. The van der Waals surface area contributed by atoms with Gasteiger partial charge in [-0.3, -0.25) is 4.99 Å². The van der Waals surface area contributed by atoms with Crippen LogP contribution in [0.3, 0.4) is 0 Å². The van der Waals surface area contributed by atoms with E-state index in [1.165, 1.54) is 17.5 Å². The highest BCUT2D eigenvalue weighted by Crippen LogP contribution is 2.36. The number of unbranched alkanes of at least 4 members (excludes halogenated alkanes) is 1. The summed E-state index contributed by atoms with van der Waals surface area (Å²) in [6, 6.07) is 8.73. The Labute approximate surface area is 164 Å².